The number of hydrogen-bond donors (Lipinski definition) is 2. The average Bonchev–Trinajstić information content (AvgIpc) is 2.87. The number of amides is 1. The van der Waals surface area contributed by atoms with Crippen LogP contribution in [0.15, 0.2) is 59.8 Å². The van der Waals surface area contributed by atoms with Crippen molar-refractivity contribution in [3.63, 3.8) is 0 Å². The van der Waals surface area contributed by atoms with E-state index in [2.05, 4.69) is 4.98 Å². The van der Waals surface area contributed by atoms with Crippen LogP contribution in [0.2, 0.25) is 0 Å². The lowest BCUT2D eigenvalue weighted by molar-refractivity contribution is -0.545. The maximum atomic E-state index is 14.8. The van der Waals surface area contributed by atoms with E-state index in [1.165, 1.54) is 0 Å². The van der Waals surface area contributed by atoms with Crippen molar-refractivity contribution in [3.8, 4) is 0 Å². The maximum absolute atomic E-state index is 14.8. The van der Waals surface area contributed by atoms with Crippen LogP contribution in [0.25, 0.3) is 0 Å². The molecule has 2 aromatic rings. The third-order valence-electron chi connectivity index (χ3n) is 5.48. The quantitative estimate of drug-likeness (QED) is 0.219. The predicted molar refractivity (Wildman–Crippen MR) is 111 cm³/mol. The Kier molecular flexibility index (Phi) is 9.10. The van der Waals surface area contributed by atoms with E-state index in [0.717, 1.165) is 0 Å². The Hall–Kier alpha value is -3.41. The summed E-state index contributed by atoms with van der Waals surface area (Å²) in [6, 6.07) is -18.1. The average molecular weight is 693 g/mol. The molecule has 24 heteroatoms. The summed E-state index contributed by atoms with van der Waals surface area (Å²) in [7, 11) is -5.06. The molecule has 1 atom stereocenters. The van der Waals surface area contributed by atoms with Crippen LogP contribution in [0.4, 0.5) is 75.9 Å². The van der Waals surface area contributed by atoms with E-state index in [4.69, 9.17) is 4.55 Å². The van der Waals surface area contributed by atoms with Crippen molar-refractivity contribution in [2.75, 3.05) is 5.32 Å². The number of alkyl halides is 16. The van der Waals surface area contributed by atoms with Gasteiger partial charge in [-0.1, -0.05) is 6.07 Å². The largest absolute Gasteiger partial charge is 0.439 e. The highest BCUT2D eigenvalue weighted by Crippen LogP contribution is 2.68. The van der Waals surface area contributed by atoms with Gasteiger partial charge in [0.25, 0.3) is 16.0 Å². The van der Waals surface area contributed by atoms with E-state index in [-0.39, 0.29) is 24.3 Å². The summed E-state index contributed by atoms with van der Waals surface area (Å²) >= 11 is 0. The number of carbonyl (C=O) groups is 1. The summed E-state index contributed by atoms with van der Waals surface area (Å²) in [4.78, 5) is 10.0. The Morgan fingerprint density at radius 3 is 1.43 bits per heavy atom. The van der Waals surface area contributed by atoms with Gasteiger partial charge in [0.15, 0.2) is 0 Å². The molecule has 7 nitrogen and oxygen atoms in total. The van der Waals surface area contributed by atoms with Crippen LogP contribution in [0.3, 0.4) is 0 Å². The van der Waals surface area contributed by atoms with E-state index in [1.807, 2.05) is 18.2 Å². The minimum atomic E-state index is -8.21. The Bertz CT molecular complexity index is 1400. The number of anilines is 1. The second-order valence-corrected chi connectivity index (χ2v) is 9.74. The van der Waals surface area contributed by atoms with Gasteiger partial charge in [0.2, 0.25) is 0 Å². The van der Waals surface area contributed by atoms with E-state index < -0.39 is 79.3 Å². The molecule has 1 saturated heterocycles. The molecule has 2 N–H and O–H groups in total. The summed E-state index contributed by atoms with van der Waals surface area (Å²) in [6.07, 6.45) is -4.20. The second kappa shape index (κ2) is 10.9. The molecule has 1 amide bonds. The molecule has 0 radical (unpaired) electrons. The van der Waals surface area contributed by atoms with Crippen molar-refractivity contribution in [1.82, 2.24) is 9.88 Å². The molecule has 248 valence electrons. The highest BCUT2D eigenvalue weighted by atomic mass is 32.2. The van der Waals surface area contributed by atoms with Crippen molar-refractivity contribution < 1.29 is 88.0 Å². The minimum Gasteiger partial charge on any atom is -0.323 e. The van der Waals surface area contributed by atoms with Gasteiger partial charge in [0.1, 0.15) is 0 Å². The van der Waals surface area contributed by atoms with Gasteiger partial charge in [0, 0.05) is 18.1 Å². The lowest BCUT2D eigenvalue weighted by atomic mass is 9.89. The molecule has 1 fully saturated rings. The van der Waals surface area contributed by atoms with Crippen LogP contribution in [-0.4, -0.2) is 76.5 Å². The summed E-state index contributed by atoms with van der Waals surface area (Å²) < 4.78 is 250. The van der Waals surface area contributed by atoms with Gasteiger partial charge in [-0.25, -0.2) is 4.39 Å². The highest BCUT2D eigenvalue weighted by Gasteiger charge is 3.00. The molecule has 1 aliphatic heterocycles. The Morgan fingerprint density at radius 1 is 0.727 bits per heavy atom. The van der Waals surface area contributed by atoms with Gasteiger partial charge < -0.3 is 5.32 Å². The lowest BCUT2D eigenvalue weighted by Crippen LogP contribution is -2.87. The number of piperidine rings is 1. The molecule has 0 spiro atoms. The van der Waals surface area contributed by atoms with Crippen LogP contribution in [-0.2, 0) is 14.9 Å². The van der Waals surface area contributed by atoms with Crippen LogP contribution >= 0.6 is 0 Å². The molecule has 0 saturated carbocycles. The van der Waals surface area contributed by atoms with Gasteiger partial charge in [-0.3, -0.25) is 14.3 Å². The molecule has 44 heavy (non-hydrogen) atoms. The third kappa shape index (κ3) is 5.39. The fraction of sp³-hybridized carbons (Fsp3) is 0.400. The van der Waals surface area contributed by atoms with E-state index in [9.17, 15) is 83.5 Å². The fourth-order valence-corrected chi connectivity index (χ4v) is 3.69. The van der Waals surface area contributed by atoms with Gasteiger partial charge >= 0.3 is 47.8 Å². The van der Waals surface area contributed by atoms with Crippen LogP contribution < -0.4 is 5.32 Å². The second-order valence-electron chi connectivity index (χ2n) is 8.32. The predicted octanol–water partition coefficient (Wildman–Crippen LogP) is 6.22. The molecule has 0 bridgehead atoms. The molecule has 1 aromatic heterocycles. The topological polar surface area (TPSA) is 99.6 Å². The zero-order valence-electron chi connectivity index (χ0n) is 20.2. The normalized spacial score (nSPS) is 22.1. The number of pyridine rings is 1. The molecule has 1 unspecified atom stereocenters. The molecule has 1 aliphatic rings. The third-order valence-corrected chi connectivity index (χ3v) is 6.35. The number of aromatic nitrogens is 1. The summed E-state index contributed by atoms with van der Waals surface area (Å²) in [6.45, 7) is 0. The number of halogens is 16. The maximum Gasteiger partial charge on any atom is 0.439 e. The molecule has 3 rings (SSSR count). The number of likely N-dealkylation sites (tertiary alicyclic amines) is 1. The fourth-order valence-electron chi connectivity index (χ4n) is 3.21. The minimum absolute atomic E-state index is 0.100. The Balaban J connectivity index is 0.000000999. The molecule has 2 heterocycles. The first-order valence-electron chi connectivity index (χ1n) is 10.5. The summed E-state index contributed by atoms with van der Waals surface area (Å²) in [5.74, 6) is -28.0. The van der Waals surface area contributed by atoms with Gasteiger partial charge in [-0.05, 0) is 36.4 Å². The van der Waals surface area contributed by atoms with Gasteiger partial charge in [-0.2, -0.15) is 74.3 Å². The first kappa shape index (κ1) is 36.8. The molecular formula is C20H11F16N3O4S. The SMILES string of the molecule is O=C(Nc1ccc(S(=O)(=O)O)cc1)C(F)(C(F)(F)F)C(F)(F)N1C(F)(F)C(F)(F)C(F)(F)C(F)(F)C1(F)F.c1ccncc1. The molecular weight excluding hydrogens is 682 g/mol. The van der Waals surface area contributed by atoms with E-state index >= 15 is 0 Å². The van der Waals surface area contributed by atoms with Crippen molar-refractivity contribution in [3.05, 3.63) is 54.9 Å². The number of nitrogens with zero attached hydrogens (tertiary/aromatic N) is 2. The molecule has 0 aliphatic carbocycles. The lowest BCUT2D eigenvalue weighted by Gasteiger charge is -2.54. The standard InChI is InChI=1S/C15H6F16N2O4S.C5H5N/c16-8(12(23,24)25,7(34)32-5-1-3-6(4-2-5)38(35,36)37)13(26,27)33-14(28,29)10(19,20)9(17,18)11(21,22)15(33,30)31;1-2-4-6-5-3-1/h1-4H,(H,32,34)(H,35,36,37);1-5H. The Labute approximate surface area is 233 Å². The zero-order chi connectivity index (χ0) is 34.6. The first-order valence-corrected chi connectivity index (χ1v) is 12.0. The number of carbonyl (C=O) groups excluding carboxylic acids is 1. The van der Waals surface area contributed by atoms with Crippen LogP contribution in [0.5, 0.6) is 0 Å². The Morgan fingerprint density at radius 2 is 1.14 bits per heavy atom. The zero-order valence-corrected chi connectivity index (χ0v) is 21.0. The monoisotopic (exact) mass is 693 g/mol. The summed E-state index contributed by atoms with van der Waals surface area (Å²) in [5.41, 5.74) is -8.98. The van der Waals surface area contributed by atoms with Crippen LogP contribution in [0.1, 0.15) is 0 Å². The number of hydrogen-bond acceptors (Lipinski definition) is 5. The number of rotatable bonds is 5. The number of nitrogens with one attached hydrogen (secondary N) is 1. The molecule has 1 aromatic carbocycles. The number of benzene rings is 1. The van der Waals surface area contributed by atoms with Gasteiger partial charge in [0.05, 0.1) is 4.90 Å². The van der Waals surface area contributed by atoms with Crippen molar-refractivity contribution >= 4 is 21.7 Å². The van der Waals surface area contributed by atoms with Crippen molar-refractivity contribution in [2.24, 2.45) is 0 Å². The van der Waals surface area contributed by atoms with Crippen LogP contribution in [0, 0.1) is 0 Å². The highest BCUT2D eigenvalue weighted by molar-refractivity contribution is 7.85. The van der Waals surface area contributed by atoms with E-state index in [1.54, 1.807) is 12.4 Å². The van der Waals surface area contributed by atoms with Crippen molar-refractivity contribution in [1.29, 1.82) is 0 Å². The summed E-state index contributed by atoms with van der Waals surface area (Å²) in [5, 5.41) is 0.495. The van der Waals surface area contributed by atoms with E-state index in [0.29, 0.717) is 5.32 Å². The van der Waals surface area contributed by atoms with Gasteiger partial charge in [-0.15, -0.1) is 4.90 Å². The first-order chi connectivity index (χ1) is 19.5. The smallest absolute Gasteiger partial charge is 0.323 e. The van der Waals surface area contributed by atoms with Crippen molar-refractivity contribution in [2.45, 2.75) is 52.6 Å².